The fourth-order valence-electron chi connectivity index (χ4n) is 3.05. The van der Waals surface area contributed by atoms with Crippen molar-refractivity contribution in [2.24, 2.45) is 5.41 Å². The zero-order valence-electron chi connectivity index (χ0n) is 13.1. The second-order valence-electron chi connectivity index (χ2n) is 6.65. The number of carbonyl (C=O) groups is 1. The van der Waals surface area contributed by atoms with Gasteiger partial charge in [-0.15, -0.1) is 0 Å². The lowest BCUT2D eigenvalue weighted by molar-refractivity contribution is 0.0922. The van der Waals surface area contributed by atoms with Crippen LogP contribution in [0.15, 0.2) is 24.3 Å². The number of carbonyl (C=O) groups excluding carboxylic acids is 1. The van der Waals surface area contributed by atoms with Crippen LogP contribution in [0.2, 0.25) is 0 Å². The van der Waals surface area contributed by atoms with E-state index in [9.17, 15) is 4.79 Å². The average Bonchev–Trinajstić information content (AvgIpc) is 2.53. The highest BCUT2D eigenvalue weighted by Crippen LogP contribution is 2.37. The van der Waals surface area contributed by atoms with E-state index in [4.69, 9.17) is 0 Å². The van der Waals surface area contributed by atoms with Crippen molar-refractivity contribution in [2.45, 2.75) is 51.9 Å². The third-order valence-electron chi connectivity index (χ3n) is 4.66. The van der Waals surface area contributed by atoms with Crippen LogP contribution < -0.4 is 5.32 Å². The molecule has 3 heteroatoms. The highest BCUT2D eigenvalue weighted by molar-refractivity contribution is 9.09. The zero-order valence-corrected chi connectivity index (χ0v) is 14.7. The Kier molecular flexibility index (Phi) is 5.86. The molecule has 0 aliphatic heterocycles. The van der Waals surface area contributed by atoms with Crippen LogP contribution in [0, 0.1) is 5.41 Å². The van der Waals surface area contributed by atoms with E-state index in [2.05, 4.69) is 47.2 Å². The van der Waals surface area contributed by atoms with Gasteiger partial charge in [-0.3, -0.25) is 4.79 Å². The number of benzene rings is 1. The lowest BCUT2D eigenvalue weighted by Gasteiger charge is -2.35. The van der Waals surface area contributed by atoms with Crippen molar-refractivity contribution in [1.29, 1.82) is 0 Å². The zero-order chi connectivity index (χ0) is 15.3. The van der Waals surface area contributed by atoms with Crippen molar-refractivity contribution in [3.63, 3.8) is 0 Å². The molecule has 1 saturated carbocycles. The molecule has 0 spiro atoms. The van der Waals surface area contributed by atoms with Gasteiger partial charge in [0.15, 0.2) is 0 Å². The van der Waals surface area contributed by atoms with Gasteiger partial charge in [0.25, 0.3) is 5.91 Å². The molecule has 1 aromatic rings. The van der Waals surface area contributed by atoms with E-state index in [0.29, 0.717) is 5.92 Å². The third-order valence-corrected chi connectivity index (χ3v) is 5.85. The Morgan fingerprint density at radius 2 is 1.81 bits per heavy atom. The molecule has 0 aromatic heterocycles. The maximum Gasteiger partial charge on any atom is 0.251 e. The van der Waals surface area contributed by atoms with Crippen LogP contribution in [-0.4, -0.2) is 17.8 Å². The predicted molar refractivity (Wildman–Crippen MR) is 92.2 cm³/mol. The Hall–Kier alpha value is -0.830. The number of rotatable bonds is 5. The molecule has 0 heterocycles. The highest BCUT2D eigenvalue weighted by Gasteiger charge is 2.31. The molecule has 1 aromatic carbocycles. The Labute approximate surface area is 136 Å². The van der Waals surface area contributed by atoms with Crippen LogP contribution in [0.5, 0.6) is 0 Å². The van der Waals surface area contributed by atoms with Crippen molar-refractivity contribution in [3.05, 3.63) is 35.4 Å². The van der Waals surface area contributed by atoms with Crippen molar-refractivity contribution >= 4 is 21.8 Å². The summed E-state index contributed by atoms with van der Waals surface area (Å²) in [5, 5.41) is 4.12. The molecule has 2 nitrogen and oxygen atoms in total. The average molecular weight is 352 g/mol. The van der Waals surface area contributed by atoms with E-state index in [-0.39, 0.29) is 11.3 Å². The summed E-state index contributed by atoms with van der Waals surface area (Å²) < 4.78 is 0. The van der Waals surface area contributed by atoms with Gasteiger partial charge in [-0.1, -0.05) is 61.2 Å². The number of hydrogen-bond donors (Lipinski definition) is 1. The number of amides is 1. The van der Waals surface area contributed by atoms with E-state index in [1.165, 1.54) is 37.7 Å². The standard InChI is InChI=1S/C18H26BrNO/c1-14(2)15-6-8-16(9-7-15)17(21)20-13-18(12-19)10-4-3-5-11-18/h6-9,14H,3-5,10-13H2,1-2H3,(H,20,21). The summed E-state index contributed by atoms with van der Waals surface area (Å²) in [5.41, 5.74) is 2.29. The largest absolute Gasteiger partial charge is 0.351 e. The monoisotopic (exact) mass is 351 g/mol. The number of hydrogen-bond acceptors (Lipinski definition) is 1. The van der Waals surface area contributed by atoms with E-state index in [0.717, 1.165) is 17.4 Å². The summed E-state index contributed by atoms with van der Waals surface area (Å²) in [6.45, 7) is 5.11. The molecular formula is C18H26BrNO. The molecule has 1 aliphatic carbocycles. The molecule has 1 N–H and O–H groups in total. The molecule has 21 heavy (non-hydrogen) atoms. The fourth-order valence-corrected chi connectivity index (χ4v) is 3.81. The molecule has 1 fully saturated rings. The van der Waals surface area contributed by atoms with Gasteiger partial charge in [-0.05, 0) is 41.9 Å². The molecule has 0 unspecified atom stereocenters. The number of halogens is 1. The van der Waals surface area contributed by atoms with Gasteiger partial charge in [-0.25, -0.2) is 0 Å². The van der Waals surface area contributed by atoms with Gasteiger partial charge >= 0.3 is 0 Å². The first-order valence-corrected chi connectivity index (χ1v) is 9.13. The lowest BCUT2D eigenvalue weighted by Crippen LogP contribution is -2.40. The van der Waals surface area contributed by atoms with E-state index in [1.54, 1.807) is 0 Å². The van der Waals surface area contributed by atoms with Gasteiger partial charge in [0, 0.05) is 17.4 Å². The molecule has 116 valence electrons. The molecule has 0 saturated heterocycles. The first-order chi connectivity index (χ1) is 10.1. The molecule has 0 radical (unpaired) electrons. The van der Waals surface area contributed by atoms with Crippen LogP contribution in [0.25, 0.3) is 0 Å². The Bertz CT molecular complexity index is 461. The van der Waals surface area contributed by atoms with E-state index >= 15 is 0 Å². The molecular weight excluding hydrogens is 326 g/mol. The van der Waals surface area contributed by atoms with Crippen molar-refractivity contribution in [3.8, 4) is 0 Å². The Morgan fingerprint density at radius 1 is 1.19 bits per heavy atom. The van der Waals surface area contributed by atoms with Gasteiger partial charge in [0.2, 0.25) is 0 Å². The first kappa shape index (κ1) is 16.5. The van der Waals surface area contributed by atoms with Gasteiger partial charge in [0.1, 0.15) is 0 Å². The number of nitrogens with one attached hydrogen (secondary N) is 1. The SMILES string of the molecule is CC(C)c1ccc(C(=O)NCC2(CBr)CCCCC2)cc1. The maximum absolute atomic E-state index is 12.3. The molecule has 0 bridgehead atoms. The predicted octanol–water partition coefficient (Wildman–Crippen LogP) is 4.89. The fraction of sp³-hybridized carbons (Fsp3) is 0.611. The minimum Gasteiger partial charge on any atom is -0.351 e. The lowest BCUT2D eigenvalue weighted by atomic mass is 9.75. The van der Waals surface area contributed by atoms with E-state index in [1.807, 2.05) is 12.1 Å². The molecule has 0 atom stereocenters. The van der Waals surface area contributed by atoms with E-state index < -0.39 is 0 Å². The Balaban J connectivity index is 1.94. The quantitative estimate of drug-likeness (QED) is 0.752. The van der Waals surface area contributed by atoms with Crippen LogP contribution in [-0.2, 0) is 0 Å². The second-order valence-corrected chi connectivity index (χ2v) is 7.21. The summed E-state index contributed by atoms with van der Waals surface area (Å²) in [5.74, 6) is 0.553. The summed E-state index contributed by atoms with van der Waals surface area (Å²) in [4.78, 5) is 12.3. The second kappa shape index (κ2) is 7.44. The van der Waals surface area contributed by atoms with Crippen LogP contribution in [0.4, 0.5) is 0 Å². The highest BCUT2D eigenvalue weighted by atomic mass is 79.9. The maximum atomic E-state index is 12.3. The minimum atomic E-state index is 0.0520. The topological polar surface area (TPSA) is 29.1 Å². The van der Waals surface area contributed by atoms with Crippen LogP contribution in [0.3, 0.4) is 0 Å². The van der Waals surface area contributed by atoms with Crippen LogP contribution >= 0.6 is 15.9 Å². The van der Waals surface area contributed by atoms with Gasteiger partial charge < -0.3 is 5.32 Å². The Morgan fingerprint density at radius 3 is 2.33 bits per heavy atom. The van der Waals surface area contributed by atoms with Gasteiger partial charge in [0.05, 0.1) is 0 Å². The van der Waals surface area contributed by atoms with Gasteiger partial charge in [-0.2, -0.15) is 0 Å². The summed E-state index contributed by atoms with van der Waals surface area (Å²) >= 11 is 3.65. The van der Waals surface area contributed by atoms with Crippen LogP contribution in [0.1, 0.15) is 67.8 Å². The van der Waals surface area contributed by atoms with Crippen molar-refractivity contribution in [1.82, 2.24) is 5.32 Å². The van der Waals surface area contributed by atoms with Crippen molar-refractivity contribution in [2.75, 3.05) is 11.9 Å². The summed E-state index contributed by atoms with van der Waals surface area (Å²) in [6, 6.07) is 7.99. The summed E-state index contributed by atoms with van der Waals surface area (Å²) in [6.07, 6.45) is 6.32. The first-order valence-electron chi connectivity index (χ1n) is 8.00. The van der Waals surface area contributed by atoms with Crippen molar-refractivity contribution < 1.29 is 4.79 Å². The minimum absolute atomic E-state index is 0.0520. The third kappa shape index (κ3) is 4.32. The molecule has 1 aliphatic rings. The smallest absolute Gasteiger partial charge is 0.251 e. The number of alkyl halides is 1. The normalized spacial score (nSPS) is 17.7. The molecule has 2 rings (SSSR count). The summed E-state index contributed by atoms with van der Waals surface area (Å²) in [7, 11) is 0. The molecule has 1 amide bonds.